The zero-order valence-electron chi connectivity index (χ0n) is 8.88. The molecule has 0 fully saturated rings. The second-order valence-electron chi connectivity index (χ2n) is 3.78. The molecule has 0 amide bonds. The lowest BCUT2D eigenvalue weighted by Gasteiger charge is -2.07. The van der Waals surface area contributed by atoms with Crippen LogP contribution in [0.1, 0.15) is 34.8 Å². The smallest absolute Gasteiger partial charge is 0.338 e. The number of aryl methyl sites for hydroxylation is 1. The molecule has 0 spiro atoms. The molecular formula is C12H15NO2. The fourth-order valence-electron chi connectivity index (χ4n) is 2.07. The topological polar surface area (TPSA) is 52.3 Å². The van der Waals surface area contributed by atoms with Crippen LogP contribution in [-0.4, -0.2) is 12.6 Å². The van der Waals surface area contributed by atoms with Crippen molar-refractivity contribution in [3.63, 3.8) is 0 Å². The van der Waals surface area contributed by atoms with Gasteiger partial charge in [-0.05, 0) is 49.4 Å². The quantitative estimate of drug-likeness (QED) is 0.593. The summed E-state index contributed by atoms with van der Waals surface area (Å²) in [4.78, 5) is 11.5. The lowest BCUT2D eigenvalue weighted by Crippen LogP contribution is -2.07. The number of nitrogen functional groups attached to an aromatic ring is 1. The second-order valence-corrected chi connectivity index (χ2v) is 3.78. The van der Waals surface area contributed by atoms with Gasteiger partial charge in [-0.2, -0.15) is 0 Å². The van der Waals surface area contributed by atoms with Gasteiger partial charge in [0.05, 0.1) is 12.2 Å². The van der Waals surface area contributed by atoms with Crippen molar-refractivity contribution in [2.24, 2.45) is 0 Å². The molecule has 0 aromatic heterocycles. The van der Waals surface area contributed by atoms with E-state index in [9.17, 15) is 4.79 Å². The zero-order valence-corrected chi connectivity index (χ0v) is 8.88. The maximum atomic E-state index is 11.5. The lowest BCUT2D eigenvalue weighted by atomic mass is 10.0. The van der Waals surface area contributed by atoms with Gasteiger partial charge in [0.25, 0.3) is 0 Å². The largest absolute Gasteiger partial charge is 0.462 e. The standard InChI is InChI=1S/C12H15NO2/c1-2-15-12(14)9-6-8-4-3-5-10(8)11(13)7-9/h6-7H,2-5,13H2,1H3. The Morgan fingerprint density at radius 1 is 1.47 bits per heavy atom. The molecule has 2 rings (SSSR count). The average molecular weight is 205 g/mol. The predicted octanol–water partition coefficient (Wildman–Crippen LogP) is 1.93. The van der Waals surface area contributed by atoms with Gasteiger partial charge in [0.15, 0.2) is 0 Å². The number of hydrogen-bond donors (Lipinski definition) is 1. The van der Waals surface area contributed by atoms with Gasteiger partial charge in [-0.25, -0.2) is 4.79 Å². The third kappa shape index (κ3) is 1.82. The van der Waals surface area contributed by atoms with Gasteiger partial charge in [-0.15, -0.1) is 0 Å². The molecule has 15 heavy (non-hydrogen) atoms. The molecule has 1 aliphatic carbocycles. The first-order valence-electron chi connectivity index (χ1n) is 5.30. The number of nitrogens with two attached hydrogens (primary N) is 1. The third-order valence-corrected chi connectivity index (χ3v) is 2.76. The fourth-order valence-corrected chi connectivity index (χ4v) is 2.07. The van der Waals surface area contributed by atoms with Crippen LogP contribution in [0.25, 0.3) is 0 Å². The van der Waals surface area contributed by atoms with Crippen LogP contribution in [0.15, 0.2) is 12.1 Å². The Labute approximate surface area is 89.2 Å². The Hall–Kier alpha value is -1.51. The van der Waals surface area contributed by atoms with E-state index in [-0.39, 0.29) is 5.97 Å². The number of rotatable bonds is 2. The summed E-state index contributed by atoms with van der Waals surface area (Å²) < 4.78 is 4.95. The molecule has 3 heteroatoms. The molecule has 0 atom stereocenters. The normalized spacial score (nSPS) is 13.7. The number of esters is 1. The number of carbonyl (C=O) groups is 1. The first-order valence-corrected chi connectivity index (χ1v) is 5.30. The molecule has 0 saturated heterocycles. The van der Waals surface area contributed by atoms with Crippen molar-refractivity contribution in [3.05, 3.63) is 28.8 Å². The monoisotopic (exact) mass is 205 g/mol. The van der Waals surface area contributed by atoms with E-state index in [0.717, 1.165) is 24.9 Å². The number of benzene rings is 1. The van der Waals surface area contributed by atoms with Crippen LogP contribution in [0.2, 0.25) is 0 Å². The molecule has 80 valence electrons. The lowest BCUT2D eigenvalue weighted by molar-refractivity contribution is 0.0526. The van der Waals surface area contributed by atoms with Crippen LogP contribution in [0.3, 0.4) is 0 Å². The number of hydrogen-bond acceptors (Lipinski definition) is 3. The number of ether oxygens (including phenoxy) is 1. The molecule has 0 bridgehead atoms. The van der Waals surface area contributed by atoms with Crippen molar-refractivity contribution < 1.29 is 9.53 Å². The molecule has 0 saturated carbocycles. The minimum Gasteiger partial charge on any atom is -0.462 e. The summed E-state index contributed by atoms with van der Waals surface area (Å²) in [6, 6.07) is 3.64. The first kappa shape index (κ1) is 10.0. The number of fused-ring (bicyclic) bond motifs is 1. The van der Waals surface area contributed by atoms with Crippen LogP contribution >= 0.6 is 0 Å². The number of carbonyl (C=O) groups excluding carboxylic acids is 1. The summed E-state index contributed by atoms with van der Waals surface area (Å²) >= 11 is 0. The summed E-state index contributed by atoms with van der Waals surface area (Å²) in [5, 5.41) is 0. The molecule has 2 N–H and O–H groups in total. The van der Waals surface area contributed by atoms with E-state index in [1.165, 1.54) is 11.1 Å². The highest BCUT2D eigenvalue weighted by Gasteiger charge is 2.17. The maximum absolute atomic E-state index is 11.5. The van der Waals surface area contributed by atoms with Crippen molar-refractivity contribution >= 4 is 11.7 Å². The van der Waals surface area contributed by atoms with E-state index < -0.39 is 0 Å². The van der Waals surface area contributed by atoms with Crippen LogP contribution in [-0.2, 0) is 17.6 Å². The zero-order chi connectivity index (χ0) is 10.8. The first-order chi connectivity index (χ1) is 7.22. The van der Waals surface area contributed by atoms with E-state index >= 15 is 0 Å². The minimum absolute atomic E-state index is 0.279. The summed E-state index contributed by atoms with van der Waals surface area (Å²) in [5.74, 6) is -0.279. The minimum atomic E-state index is -0.279. The molecule has 1 aromatic rings. The third-order valence-electron chi connectivity index (χ3n) is 2.76. The highest BCUT2D eigenvalue weighted by atomic mass is 16.5. The Morgan fingerprint density at radius 3 is 3.00 bits per heavy atom. The SMILES string of the molecule is CCOC(=O)c1cc(N)c2c(c1)CCC2. The Balaban J connectivity index is 2.35. The van der Waals surface area contributed by atoms with Crippen LogP contribution < -0.4 is 5.73 Å². The van der Waals surface area contributed by atoms with Gasteiger partial charge in [0.1, 0.15) is 0 Å². The molecule has 0 heterocycles. The van der Waals surface area contributed by atoms with Gasteiger partial charge in [-0.3, -0.25) is 0 Å². The Morgan fingerprint density at radius 2 is 2.27 bits per heavy atom. The summed E-state index contributed by atoms with van der Waals surface area (Å²) in [7, 11) is 0. The van der Waals surface area contributed by atoms with Crippen molar-refractivity contribution in [1.82, 2.24) is 0 Å². The molecule has 1 aliphatic rings. The summed E-state index contributed by atoms with van der Waals surface area (Å²) in [6.45, 7) is 2.20. The van der Waals surface area contributed by atoms with Crippen molar-refractivity contribution in [1.29, 1.82) is 0 Å². The highest BCUT2D eigenvalue weighted by Crippen LogP contribution is 2.28. The molecule has 0 aliphatic heterocycles. The average Bonchev–Trinajstić information content (AvgIpc) is 2.66. The molecule has 3 nitrogen and oxygen atoms in total. The van der Waals surface area contributed by atoms with Crippen molar-refractivity contribution in [2.75, 3.05) is 12.3 Å². The molecular weight excluding hydrogens is 190 g/mol. The van der Waals surface area contributed by atoms with Crippen molar-refractivity contribution in [3.8, 4) is 0 Å². The number of anilines is 1. The Kier molecular flexibility index (Phi) is 2.62. The van der Waals surface area contributed by atoms with Crippen LogP contribution in [0, 0.1) is 0 Å². The van der Waals surface area contributed by atoms with Gasteiger partial charge >= 0.3 is 5.97 Å². The predicted molar refractivity (Wildman–Crippen MR) is 58.8 cm³/mol. The van der Waals surface area contributed by atoms with E-state index in [2.05, 4.69) is 0 Å². The van der Waals surface area contributed by atoms with Crippen molar-refractivity contribution in [2.45, 2.75) is 26.2 Å². The van der Waals surface area contributed by atoms with Gasteiger partial charge in [0.2, 0.25) is 0 Å². The van der Waals surface area contributed by atoms with Crippen LogP contribution in [0.5, 0.6) is 0 Å². The van der Waals surface area contributed by atoms with Gasteiger partial charge in [0, 0.05) is 5.69 Å². The summed E-state index contributed by atoms with van der Waals surface area (Å²) in [6.07, 6.45) is 3.18. The molecule has 1 aromatic carbocycles. The van der Waals surface area contributed by atoms with Gasteiger partial charge < -0.3 is 10.5 Å². The van der Waals surface area contributed by atoms with E-state index in [1.807, 2.05) is 6.07 Å². The van der Waals surface area contributed by atoms with Gasteiger partial charge in [-0.1, -0.05) is 0 Å². The van der Waals surface area contributed by atoms with E-state index in [0.29, 0.717) is 12.2 Å². The maximum Gasteiger partial charge on any atom is 0.338 e. The van der Waals surface area contributed by atoms with E-state index in [4.69, 9.17) is 10.5 Å². The van der Waals surface area contributed by atoms with Crippen LogP contribution in [0.4, 0.5) is 5.69 Å². The second kappa shape index (κ2) is 3.93. The molecule has 0 radical (unpaired) electrons. The fraction of sp³-hybridized carbons (Fsp3) is 0.417. The van der Waals surface area contributed by atoms with E-state index in [1.54, 1.807) is 13.0 Å². The summed E-state index contributed by atoms with van der Waals surface area (Å²) in [5.41, 5.74) is 9.62. The Bertz CT molecular complexity index is 399. The molecule has 0 unspecified atom stereocenters. The highest BCUT2D eigenvalue weighted by molar-refractivity contribution is 5.91.